The number of hydrogen-bond donors (Lipinski definition) is 1. The number of nitrogens with zero attached hydrogens (tertiary/aromatic N) is 1. The lowest BCUT2D eigenvalue weighted by Crippen LogP contribution is -2.56. The van der Waals surface area contributed by atoms with Gasteiger partial charge in [0, 0.05) is 5.56 Å². The summed E-state index contributed by atoms with van der Waals surface area (Å²) in [5.41, 5.74) is -1.21. The minimum atomic E-state index is -1.23. The normalized spacial score (nSPS) is 24.8. The molecule has 1 heterocycles. The summed E-state index contributed by atoms with van der Waals surface area (Å²) in [6.07, 6.45) is 0. The molecule has 2 atom stereocenters. The van der Waals surface area contributed by atoms with Crippen LogP contribution in [0.3, 0.4) is 0 Å². The van der Waals surface area contributed by atoms with Crippen molar-refractivity contribution in [3.8, 4) is 0 Å². The van der Waals surface area contributed by atoms with Gasteiger partial charge in [-0.1, -0.05) is 12.1 Å². The van der Waals surface area contributed by atoms with Gasteiger partial charge in [-0.3, -0.25) is 4.79 Å². The van der Waals surface area contributed by atoms with Crippen molar-refractivity contribution in [3.63, 3.8) is 0 Å². The Balaban J connectivity index is 2.55. The summed E-state index contributed by atoms with van der Waals surface area (Å²) in [5.74, 6) is -3.37. The third kappa shape index (κ3) is 2.55. The van der Waals surface area contributed by atoms with Crippen LogP contribution in [0.1, 0.15) is 12.5 Å². The molecule has 21 heavy (non-hydrogen) atoms. The van der Waals surface area contributed by atoms with Crippen molar-refractivity contribution in [1.29, 1.82) is 0 Å². The van der Waals surface area contributed by atoms with Crippen LogP contribution in [-0.2, 0) is 19.8 Å². The number of carbonyl (C=O) groups excluding carboxylic acids is 1. The van der Waals surface area contributed by atoms with Crippen molar-refractivity contribution >= 4 is 12.0 Å². The van der Waals surface area contributed by atoms with Crippen molar-refractivity contribution < 1.29 is 23.0 Å². The van der Waals surface area contributed by atoms with Gasteiger partial charge in [0.25, 0.3) is 6.02 Å². The van der Waals surface area contributed by atoms with Gasteiger partial charge < -0.3 is 14.8 Å². The van der Waals surface area contributed by atoms with E-state index in [0.717, 1.165) is 6.07 Å². The highest BCUT2D eigenvalue weighted by atomic mass is 19.2. The summed E-state index contributed by atoms with van der Waals surface area (Å²) in [5, 5.41) is 2.85. The number of halogens is 2. The van der Waals surface area contributed by atoms with E-state index in [2.05, 4.69) is 10.3 Å². The van der Waals surface area contributed by atoms with Gasteiger partial charge in [0.05, 0.1) is 26.3 Å². The smallest absolute Gasteiger partial charge is 0.313 e. The van der Waals surface area contributed by atoms with Gasteiger partial charge in [-0.15, -0.1) is 0 Å². The number of rotatable bonds is 2. The summed E-state index contributed by atoms with van der Waals surface area (Å²) in [4.78, 5) is 16.0. The number of benzene rings is 1. The van der Waals surface area contributed by atoms with Crippen LogP contribution in [0, 0.1) is 17.6 Å². The molecule has 0 bridgehead atoms. The molecule has 7 heteroatoms. The Morgan fingerprint density at radius 3 is 2.76 bits per heavy atom. The second-order valence-electron chi connectivity index (χ2n) is 4.85. The molecular weight excluding hydrogens is 282 g/mol. The van der Waals surface area contributed by atoms with Gasteiger partial charge in [0.2, 0.25) is 0 Å². The van der Waals surface area contributed by atoms with E-state index in [1.54, 1.807) is 6.92 Å². The number of hydrogen-bond acceptors (Lipinski definition) is 5. The maximum absolute atomic E-state index is 14.2. The highest BCUT2D eigenvalue weighted by Gasteiger charge is 2.46. The summed E-state index contributed by atoms with van der Waals surface area (Å²) in [7, 11) is 2.63. The van der Waals surface area contributed by atoms with Crippen LogP contribution in [0.5, 0.6) is 0 Å². The molecule has 0 fully saturated rings. The lowest BCUT2D eigenvalue weighted by Gasteiger charge is -2.40. The molecule has 0 saturated carbocycles. The quantitative estimate of drug-likeness (QED) is 0.842. The van der Waals surface area contributed by atoms with Crippen LogP contribution in [0.25, 0.3) is 0 Å². The van der Waals surface area contributed by atoms with E-state index in [1.807, 2.05) is 0 Å². The predicted octanol–water partition coefficient (Wildman–Crippen LogP) is 1.57. The number of amidine groups is 1. The van der Waals surface area contributed by atoms with Crippen LogP contribution >= 0.6 is 0 Å². The zero-order chi connectivity index (χ0) is 15.6. The third-order valence-corrected chi connectivity index (χ3v) is 3.67. The first-order valence-corrected chi connectivity index (χ1v) is 6.33. The molecule has 114 valence electrons. The first-order valence-electron chi connectivity index (χ1n) is 6.33. The molecule has 0 aliphatic carbocycles. The van der Waals surface area contributed by atoms with Crippen LogP contribution in [0.2, 0.25) is 0 Å². The summed E-state index contributed by atoms with van der Waals surface area (Å²) < 4.78 is 37.4. The summed E-state index contributed by atoms with van der Waals surface area (Å²) in [6, 6.07) is 3.97. The maximum atomic E-state index is 14.2. The van der Waals surface area contributed by atoms with E-state index >= 15 is 0 Å². The molecular formula is C14H16F2N2O3. The average Bonchev–Trinajstić information content (AvgIpc) is 2.48. The molecule has 1 aromatic carbocycles. The number of esters is 1. The second kappa shape index (κ2) is 5.67. The van der Waals surface area contributed by atoms with Gasteiger partial charge >= 0.3 is 5.97 Å². The molecule has 1 aliphatic rings. The fraction of sp³-hybridized carbons (Fsp3) is 0.429. The Labute approximate surface area is 121 Å². The van der Waals surface area contributed by atoms with Crippen molar-refractivity contribution in [2.45, 2.75) is 12.5 Å². The van der Waals surface area contributed by atoms with Gasteiger partial charge in [0.1, 0.15) is 5.92 Å². The van der Waals surface area contributed by atoms with Gasteiger partial charge in [-0.25, -0.2) is 13.8 Å². The molecule has 2 rings (SSSR count). The van der Waals surface area contributed by atoms with Crippen LogP contribution in [-0.4, -0.2) is 32.8 Å². The fourth-order valence-corrected chi connectivity index (χ4v) is 2.43. The van der Waals surface area contributed by atoms with Gasteiger partial charge in [-0.2, -0.15) is 0 Å². The van der Waals surface area contributed by atoms with E-state index in [-0.39, 0.29) is 18.1 Å². The Hall–Kier alpha value is -2.18. The standard InChI is InChI=1S/C14H16F2N2O3/c1-14(8-5-4-6-10(15)11(8)16)9(12(19)20-2)7-17-13(18-14)21-3/h4-6,9H,7H2,1-3H3,(H,17,18). The molecule has 0 saturated heterocycles. The van der Waals surface area contributed by atoms with Crippen LogP contribution in [0.15, 0.2) is 23.2 Å². The summed E-state index contributed by atoms with van der Waals surface area (Å²) in [6.45, 7) is 1.63. The van der Waals surface area contributed by atoms with Gasteiger partial charge in [-0.05, 0) is 13.0 Å². The third-order valence-electron chi connectivity index (χ3n) is 3.67. The molecule has 0 radical (unpaired) electrons. The fourth-order valence-electron chi connectivity index (χ4n) is 2.43. The van der Waals surface area contributed by atoms with E-state index in [1.165, 1.54) is 26.4 Å². The largest absolute Gasteiger partial charge is 0.469 e. The van der Waals surface area contributed by atoms with E-state index in [4.69, 9.17) is 9.47 Å². The predicted molar refractivity (Wildman–Crippen MR) is 71.7 cm³/mol. The molecule has 1 aromatic rings. The molecule has 5 nitrogen and oxygen atoms in total. The molecule has 0 amide bonds. The van der Waals surface area contributed by atoms with Crippen molar-refractivity contribution in [3.05, 3.63) is 35.4 Å². The highest BCUT2D eigenvalue weighted by molar-refractivity contribution is 5.81. The average molecular weight is 298 g/mol. The van der Waals surface area contributed by atoms with E-state index in [9.17, 15) is 13.6 Å². The monoisotopic (exact) mass is 298 g/mol. The first kappa shape index (κ1) is 15.2. The Bertz CT molecular complexity index is 592. The maximum Gasteiger partial charge on any atom is 0.313 e. The second-order valence-corrected chi connectivity index (χ2v) is 4.85. The molecule has 1 aliphatic heterocycles. The summed E-state index contributed by atoms with van der Waals surface area (Å²) >= 11 is 0. The number of nitrogens with one attached hydrogen (secondary N) is 1. The molecule has 0 aromatic heterocycles. The Kier molecular flexibility index (Phi) is 4.11. The lowest BCUT2D eigenvalue weighted by molar-refractivity contribution is -0.148. The van der Waals surface area contributed by atoms with Crippen molar-refractivity contribution in [2.75, 3.05) is 20.8 Å². The lowest BCUT2D eigenvalue weighted by atomic mass is 9.78. The molecule has 2 unspecified atom stereocenters. The first-order chi connectivity index (χ1) is 9.93. The Morgan fingerprint density at radius 1 is 1.43 bits per heavy atom. The van der Waals surface area contributed by atoms with Gasteiger partial charge in [0.15, 0.2) is 11.6 Å². The minimum absolute atomic E-state index is 0.0161. The minimum Gasteiger partial charge on any atom is -0.469 e. The van der Waals surface area contributed by atoms with Crippen molar-refractivity contribution in [1.82, 2.24) is 5.32 Å². The van der Waals surface area contributed by atoms with Crippen LogP contribution in [0.4, 0.5) is 8.78 Å². The highest BCUT2D eigenvalue weighted by Crippen LogP contribution is 2.35. The zero-order valence-electron chi connectivity index (χ0n) is 11.9. The number of carbonyl (C=O) groups is 1. The number of ether oxygens (including phenoxy) is 2. The topological polar surface area (TPSA) is 59.9 Å². The van der Waals surface area contributed by atoms with Crippen LogP contribution < -0.4 is 5.32 Å². The number of aliphatic imine (C=N–C) groups is 1. The van der Waals surface area contributed by atoms with E-state index in [0.29, 0.717) is 0 Å². The van der Waals surface area contributed by atoms with Crippen molar-refractivity contribution in [2.24, 2.45) is 10.9 Å². The molecule has 0 spiro atoms. The molecule has 1 N–H and O–H groups in total. The number of methoxy groups -OCH3 is 2. The Morgan fingerprint density at radius 2 is 2.14 bits per heavy atom. The van der Waals surface area contributed by atoms with E-state index < -0.39 is 29.1 Å². The SMILES string of the molecule is COC(=O)C1CN=C(OC)NC1(C)c1cccc(F)c1F. The zero-order valence-corrected chi connectivity index (χ0v) is 11.9.